The Hall–Kier alpha value is -0.170. The second-order valence-corrected chi connectivity index (χ2v) is 4.47. The number of rotatable bonds is 5. The van der Waals surface area contributed by atoms with Gasteiger partial charge in [-0.15, -0.1) is 0 Å². The molecule has 6 heteroatoms. The molecule has 0 aliphatic rings. The predicted molar refractivity (Wildman–Crippen MR) is 45.3 cm³/mol. The van der Waals surface area contributed by atoms with E-state index < -0.39 is 16.2 Å². The molecule has 4 N–H and O–H groups in total. The summed E-state index contributed by atoms with van der Waals surface area (Å²) in [6.45, 7) is 1.64. The molecule has 0 saturated carbocycles. The van der Waals surface area contributed by atoms with Crippen molar-refractivity contribution in [3.05, 3.63) is 0 Å². The Balaban J connectivity index is 3.79. The van der Waals surface area contributed by atoms with Crippen LogP contribution in [-0.4, -0.2) is 36.5 Å². The van der Waals surface area contributed by atoms with Gasteiger partial charge >= 0.3 is 0 Å². The van der Waals surface area contributed by atoms with Gasteiger partial charge in [-0.25, -0.2) is 0 Å². The van der Waals surface area contributed by atoms with Crippen molar-refractivity contribution in [1.82, 2.24) is 0 Å². The van der Waals surface area contributed by atoms with Crippen molar-refractivity contribution in [3.8, 4) is 0 Å². The molecule has 0 amide bonds. The third kappa shape index (κ3) is 5.48. The van der Waals surface area contributed by atoms with Gasteiger partial charge in [-0.2, -0.15) is 8.42 Å². The lowest BCUT2D eigenvalue weighted by atomic mass is 10.0. The minimum atomic E-state index is -3.92. The number of aliphatic hydroxyl groups excluding tert-OH is 1. The van der Waals surface area contributed by atoms with Gasteiger partial charge in [0, 0.05) is 12.6 Å². The minimum absolute atomic E-state index is 0.0767. The Morgan fingerprint density at radius 1 is 1.50 bits per heavy atom. The first kappa shape index (κ1) is 11.8. The first-order valence-electron chi connectivity index (χ1n) is 3.68. The monoisotopic (exact) mass is 197 g/mol. The van der Waals surface area contributed by atoms with E-state index in [9.17, 15) is 8.42 Å². The number of aliphatic hydroxyl groups is 1. The van der Waals surface area contributed by atoms with E-state index in [1.54, 1.807) is 6.92 Å². The second-order valence-electron chi connectivity index (χ2n) is 2.90. The topological polar surface area (TPSA) is 101 Å². The molecule has 0 rings (SSSR count). The Kier molecular flexibility index (Phi) is 4.69. The van der Waals surface area contributed by atoms with Gasteiger partial charge in [0.25, 0.3) is 10.1 Å². The molecular weight excluding hydrogens is 182 g/mol. The molecule has 0 aromatic rings. The van der Waals surface area contributed by atoms with Crippen LogP contribution >= 0.6 is 0 Å². The molecule has 0 fully saturated rings. The molecule has 0 aliphatic carbocycles. The molecule has 0 spiro atoms. The van der Waals surface area contributed by atoms with Crippen LogP contribution in [0.15, 0.2) is 0 Å². The van der Waals surface area contributed by atoms with Crippen molar-refractivity contribution in [3.63, 3.8) is 0 Å². The zero-order valence-corrected chi connectivity index (χ0v) is 7.79. The van der Waals surface area contributed by atoms with Gasteiger partial charge in [0.15, 0.2) is 0 Å². The average Bonchev–Trinajstić information content (AvgIpc) is 1.97. The average molecular weight is 197 g/mol. The number of hydrogen-bond acceptors (Lipinski definition) is 4. The van der Waals surface area contributed by atoms with Crippen molar-refractivity contribution in [2.24, 2.45) is 11.7 Å². The highest BCUT2D eigenvalue weighted by Crippen LogP contribution is 2.04. The van der Waals surface area contributed by atoms with Crippen LogP contribution in [0.2, 0.25) is 0 Å². The lowest BCUT2D eigenvalue weighted by Crippen LogP contribution is -2.32. The van der Waals surface area contributed by atoms with E-state index in [4.69, 9.17) is 15.4 Å². The number of hydrogen-bond donors (Lipinski definition) is 3. The molecule has 0 aromatic carbocycles. The van der Waals surface area contributed by atoms with E-state index in [2.05, 4.69) is 0 Å². The lowest BCUT2D eigenvalue weighted by Gasteiger charge is -2.16. The van der Waals surface area contributed by atoms with Crippen LogP contribution in [0.1, 0.15) is 13.3 Å². The molecule has 0 aromatic heterocycles. The highest BCUT2D eigenvalue weighted by atomic mass is 32.2. The molecule has 0 saturated heterocycles. The van der Waals surface area contributed by atoms with Crippen molar-refractivity contribution in [2.45, 2.75) is 19.4 Å². The van der Waals surface area contributed by atoms with Gasteiger partial charge in [0.2, 0.25) is 0 Å². The molecule has 12 heavy (non-hydrogen) atoms. The molecule has 0 aliphatic heterocycles. The van der Waals surface area contributed by atoms with E-state index in [1.165, 1.54) is 0 Å². The van der Waals surface area contributed by atoms with Gasteiger partial charge < -0.3 is 10.8 Å². The normalized spacial score (nSPS) is 17.3. The third-order valence-electron chi connectivity index (χ3n) is 1.73. The molecule has 0 radical (unpaired) electrons. The summed E-state index contributed by atoms with van der Waals surface area (Å²) >= 11 is 0. The zero-order valence-electron chi connectivity index (χ0n) is 6.97. The fourth-order valence-electron chi connectivity index (χ4n) is 0.705. The molecule has 74 valence electrons. The summed E-state index contributed by atoms with van der Waals surface area (Å²) in [5.74, 6) is -0.495. The summed E-state index contributed by atoms with van der Waals surface area (Å²) in [5, 5.41) is 8.64. The Labute approximate surface area is 72.3 Å². The predicted octanol–water partition coefficient (Wildman–Crippen LogP) is -0.780. The smallest absolute Gasteiger partial charge is 0.264 e. The fraction of sp³-hybridized carbons (Fsp3) is 1.00. The molecule has 2 unspecified atom stereocenters. The van der Waals surface area contributed by atoms with E-state index in [1.807, 2.05) is 0 Å². The summed E-state index contributed by atoms with van der Waals surface area (Å²) < 4.78 is 28.9. The highest BCUT2D eigenvalue weighted by Gasteiger charge is 2.14. The molecular formula is C6H15NO4S. The van der Waals surface area contributed by atoms with Gasteiger partial charge in [-0.1, -0.05) is 6.92 Å². The summed E-state index contributed by atoms with van der Waals surface area (Å²) in [5.41, 5.74) is 5.50. The van der Waals surface area contributed by atoms with Crippen LogP contribution in [0.5, 0.6) is 0 Å². The van der Waals surface area contributed by atoms with Crippen LogP contribution in [0.25, 0.3) is 0 Å². The van der Waals surface area contributed by atoms with Crippen LogP contribution in [0.4, 0.5) is 0 Å². The SMILES string of the molecule is CC(CO)C(N)CCS(=O)(=O)O. The standard InChI is InChI=1S/C6H15NO4S/c1-5(4-8)6(7)2-3-12(9,10)11/h5-6,8H,2-4,7H2,1H3,(H,9,10,11). The number of nitrogens with two attached hydrogens (primary N) is 1. The first-order valence-corrected chi connectivity index (χ1v) is 5.29. The molecule has 0 heterocycles. The van der Waals surface area contributed by atoms with Crippen molar-refractivity contribution < 1.29 is 18.1 Å². The first-order chi connectivity index (χ1) is 5.37. The summed E-state index contributed by atoms with van der Waals surface area (Å²) in [6, 6.07) is -0.392. The Morgan fingerprint density at radius 2 is 2.00 bits per heavy atom. The lowest BCUT2D eigenvalue weighted by molar-refractivity contribution is 0.214. The summed E-state index contributed by atoms with van der Waals surface area (Å²) in [4.78, 5) is 0. The summed E-state index contributed by atoms with van der Waals surface area (Å²) in [6.07, 6.45) is 0.167. The van der Waals surface area contributed by atoms with Crippen LogP contribution in [0.3, 0.4) is 0 Å². The Morgan fingerprint density at radius 3 is 2.33 bits per heavy atom. The maximum Gasteiger partial charge on any atom is 0.264 e. The maximum atomic E-state index is 10.3. The van der Waals surface area contributed by atoms with E-state index in [0.29, 0.717) is 0 Å². The molecule has 5 nitrogen and oxygen atoms in total. The van der Waals surface area contributed by atoms with Crippen molar-refractivity contribution >= 4 is 10.1 Å². The zero-order chi connectivity index (χ0) is 9.78. The highest BCUT2D eigenvalue weighted by molar-refractivity contribution is 7.85. The van der Waals surface area contributed by atoms with E-state index in [0.717, 1.165) is 0 Å². The molecule has 0 bridgehead atoms. The van der Waals surface area contributed by atoms with Crippen LogP contribution in [0, 0.1) is 5.92 Å². The molecule has 2 atom stereocenters. The van der Waals surface area contributed by atoms with Gasteiger partial charge in [-0.05, 0) is 12.3 Å². The van der Waals surface area contributed by atoms with Crippen molar-refractivity contribution in [2.75, 3.05) is 12.4 Å². The van der Waals surface area contributed by atoms with Crippen molar-refractivity contribution in [1.29, 1.82) is 0 Å². The minimum Gasteiger partial charge on any atom is -0.396 e. The maximum absolute atomic E-state index is 10.3. The van der Waals surface area contributed by atoms with Crippen LogP contribution < -0.4 is 5.73 Å². The van der Waals surface area contributed by atoms with Crippen LogP contribution in [-0.2, 0) is 10.1 Å². The quantitative estimate of drug-likeness (QED) is 0.502. The second kappa shape index (κ2) is 4.76. The Bertz CT molecular complexity index is 214. The van der Waals surface area contributed by atoms with Gasteiger partial charge in [-0.3, -0.25) is 4.55 Å². The van der Waals surface area contributed by atoms with Gasteiger partial charge in [0.05, 0.1) is 5.75 Å². The van der Waals surface area contributed by atoms with E-state index >= 15 is 0 Å². The van der Waals surface area contributed by atoms with Gasteiger partial charge in [0.1, 0.15) is 0 Å². The fourth-order valence-corrected chi connectivity index (χ4v) is 1.27. The van der Waals surface area contributed by atoms with E-state index in [-0.39, 0.29) is 24.7 Å². The summed E-state index contributed by atoms with van der Waals surface area (Å²) in [7, 11) is -3.92. The largest absolute Gasteiger partial charge is 0.396 e. The third-order valence-corrected chi connectivity index (χ3v) is 2.48.